The lowest BCUT2D eigenvalue weighted by molar-refractivity contribution is -0.138. The molecule has 4 aromatic rings. The summed E-state index contributed by atoms with van der Waals surface area (Å²) in [6.45, 7) is -0.417. The number of carbonyl (C=O) groups excluding carboxylic acids is 4. The summed E-state index contributed by atoms with van der Waals surface area (Å²) in [5.41, 5.74) is 14.8. The van der Waals surface area contributed by atoms with Gasteiger partial charge in [-0.25, -0.2) is 4.98 Å². The third-order valence-corrected chi connectivity index (χ3v) is 7.72. The average molecular weight is 660 g/mol. The first-order valence-electron chi connectivity index (χ1n) is 15.6. The van der Waals surface area contributed by atoms with E-state index in [4.69, 9.17) is 16.6 Å². The van der Waals surface area contributed by atoms with Crippen LogP contribution < -0.4 is 32.7 Å². The quantitative estimate of drug-likeness (QED) is 0.0675. The van der Waals surface area contributed by atoms with Crippen LogP contribution in [0.2, 0.25) is 0 Å². The molecule has 15 heteroatoms. The van der Waals surface area contributed by atoms with Crippen LogP contribution in [0.3, 0.4) is 0 Å². The smallest absolute Gasteiger partial charge is 0.322 e. The summed E-state index contributed by atoms with van der Waals surface area (Å²) in [5, 5.41) is 20.4. The minimum Gasteiger partial charge on any atom is -0.480 e. The molecule has 0 bridgehead atoms. The first-order valence-corrected chi connectivity index (χ1v) is 15.6. The van der Waals surface area contributed by atoms with Gasteiger partial charge in [0.25, 0.3) is 0 Å². The van der Waals surface area contributed by atoms with E-state index in [2.05, 4.69) is 36.2 Å². The lowest BCUT2D eigenvalue weighted by atomic mass is 10.0. The first kappa shape index (κ1) is 35.3. The van der Waals surface area contributed by atoms with E-state index in [0.717, 1.165) is 22.0 Å². The van der Waals surface area contributed by atoms with Crippen molar-refractivity contribution in [2.45, 2.75) is 56.3 Å². The van der Waals surface area contributed by atoms with Crippen LogP contribution >= 0.6 is 0 Å². The number of amides is 4. The van der Waals surface area contributed by atoms with Crippen molar-refractivity contribution in [2.24, 2.45) is 11.5 Å². The molecule has 4 amide bonds. The molecule has 15 nitrogen and oxygen atoms in total. The van der Waals surface area contributed by atoms with Crippen LogP contribution in [0.25, 0.3) is 10.9 Å². The number of aromatic nitrogens is 3. The molecular formula is C33H41N9O6. The highest BCUT2D eigenvalue weighted by Crippen LogP contribution is 2.19. The summed E-state index contributed by atoms with van der Waals surface area (Å²) in [4.78, 5) is 74.9. The summed E-state index contributed by atoms with van der Waals surface area (Å²) >= 11 is 0. The number of hydrogen-bond donors (Lipinski definition) is 9. The second kappa shape index (κ2) is 17.4. The van der Waals surface area contributed by atoms with Crippen LogP contribution in [0.15, 0.2) is 73.3 Å². The molecule has 0 saturated heterocycles. The highest BCUT2D eigenvalue weighted by atomic mass is 16.4. The molecular weight excluding hydrogens is 618 g/mol. The van der Waals surface area contributed by atoms with Crippen LogP contribution in [0.5, 0.6) is 0 Å². The zero-order chi connectivity index (χ0) is 34.5. The zero-order valence-corrected chi connectivity index (χ0v) is 26.3. The van der Waals surface area contributed by atoms with Crippen LogP contribution in [0, 0.1) is 0 Å². The second-order valence-corrected chi connectivity index (χ2v) is 11.4. The maximum atomic E-state index is 13.8. The number of aliphatic carboxylic acids is 1. The third kappa shape index (κ3) is 10.2. The van der Waals surface area contributed by atoms with E-state index in [9.17, 15) is 24.0 Å². The summed E-state index contributed by atoms with van der Waals surface area (Å²) in [6.07, 6.45) is 5.55. The van der Waals surface area contributed by atoms with Crippen molar-refractivity contribution in [3.63, 3.8) is 0 Å². The topological polar surface area (TPSA) is 250 Å². The summed E-state index contributed by atoms with van der Waals surface area (Å²) in [7, 11) is 0. The second-order valence-electron chi connectivity index (χ2n) is 11.4. The van der Waals surface area contributed by atoms with Gasteiger partial charge in [-0.15, -0.1) is 0 Å². The molecule has 254 valence electrons. The van der Waals surface area contributed by atoms with E-state index >= 15 is 0 Å². The van der Waals surface area contributed by atoms with Gasteiger partial charge in [-0.05, 0) is 36.6 Å². The summed E-state index contributed by atoms with van der Waals surface area (Å²) in [5.74, 6) is -3.84. The molecule has 48 heavy (non-hydrogen) atoms. The molecule has 4 atom stereocenters. The van der Waals surface area contributed by atoms with Crippen molar-refractivity contribution in [3.05, 3.63) is 90.1 Å². The van der Waals surface area contributed by atoms with Gasteiger partial charge in [0.05, 0.1) is 12.4 Å². The highest BCUT2D eigenvalue weighted by Gasteiger charge is 2.31. The standard InChI is InChI=1S/C33H41N9O6/c34-12-6-11-26(32(47)42-28(31(46)38-18-29(43)44)14-21-16-37-25-10-5-4-9-23(21)25)40-33(48)27(13-20-7-2-1-3-8-20)41-30(45)24(35)15-22-17-36-19-39-22/h1-5,7-10,16-17,19,24,26-28,37H,6,11-15,18,34-35H2,(H,36,39)(H,38,46)(H,40,48)(H,41,45)(H,42,47)(H,43,44)/t24-,26-,27-,28-/m0/s1. The maximum absolute atomic E-state index is 13.8. The summed E-state index contributed by atoms with van der Waals surface area (Å²) in [6, 6.07) is 12.1. The predicted octanol–water partition coefficient (Wildman–Crippen LogP) is -0.360. The number of aromatic amines is 2. The van der Waals surface area contributed by atoms with E-state index in [1.54, 1.807) is 36.7 Å². The normalized spacial score (nSPS) is 13.5. The minimum absolute atomic E-state index is 0.0413. The number of carboxylic acids is 1. The molecule has 4 rings (SSSR count). The fourth-order valence-corrected chi connectivity index (χ4v) is 5.21. The number of fused-ring (bicyclic) bond motifs is 1. The lowest BCUT2D eigenvalue weighted by Crippen LogP contribution is -2.58. The molecule has 2 aromatic heterocycles. The van der Waals surface area contributed by atoms with Gasteiger partial charge in [-0.1, -0.05) is 48.5 Å². The SMILES string of the molecule is NCCC[C@H](NC(=O)[C@H](Cc1ccccc1)NC(=O)[C@@H](N)Cc1cnc[nH]1)C(=O)N[C@@H](Cc1c[nH]c2ccccc12)C(=O)NCC(=O)O. The third-order valence-electron chi connectivity index (χ3n) is 7.72. The van der Waals surface area contributed by atoms with Crippen LogP contribution in [-0.4, -0.2) is 86.9 Å². The number of benzene rings is 2. The van der Waals surface area contributed by atoms with Crippen molar-refractivity contribution in [2.75, 3.05) is 13.1 Å². The Labute approximate surface area is 276 Å². The Morgan fingerprint density at radius 2 is 1.46 bits per heavy atom. The van der Waals surface area contributed by atoms with Gasteiger partial charge in [-0.2, -0.15) is 0 Å². The lowest BCUT2D eigenvalue weighted by Gasteiger charge is -2.26. The molecule has 2 heterocycles. The highest BCUT2D eigenvalue weighted by molar-refractivity contribution is 5.95. The monoisotopic (exact) mass is 659 g/mol. The van der Waals surface area contributed by atoms with Gasteiger partial charge in [0.1, 0.15) is 24.7 Å². The van der Waals surface area contributed by atoms with Gasteiger partial charge in [-0.3, -0.25) is 24.0 Å². The molecule has 2 aromatic carbocycles. The number of H-pyrrole nitrogens is 2. The molecule has 0 aliphatic carbocycles. The molecule has 0 saturated carbocycles. The van der Waals surface area contributed by atoms with Crippen molar-refractivity contribution >= 4 is 40.5 Å². The number of imidazole rings is 1. The van der Waals surface area contributed by atoms with Crippen molar-refractivity contribution in [1.82, 2.24) is 36.2 Å². The Morgan fingerprint density at radius 1 is 0.792 bits per heavy atom. The van der Waals surface area contributed by atoms with E-state index < -0.39 is 60.3 Å². The molecule has 0 spiro atoms. The number of carboxylic acid groups (broad SMARTS) is 1. The largest absolute Gasteiger partial charge is 0.480 e. The van der Waals surface area contributed by atoms with Gasteiger partial charge < -0.3 is 47.8 Å². The Kier molecular flexibility index (Phi) is 12.8. The van der Waals surface area contributed by atoms with Gasteiger partial charge >= 0.3 is 5.97 Å². The maximum Gasteiger partial charge on any atom is 0.322 e. The fraction of sp³-hybridized carbons (Fsp3) is 0.333. The van der Waals surface area contributed by atoms with Crippen LogP contribution in [0.4, 0.5) is 0 Å². The van der Waals surface area contributed by atoms with Crippen molar-refractivity contribution in [3.8, 4) is 0 Å². The van der Waals surface area contributed by atoms with E-state index in [1.807, 2.05) is 30.3 Å². The molecule has 0 unspecified atom stereocenters. The Morgan fingerprint density at radius 3 is 2.17 bits per heavy atom. The van der Waals surface area contributed by atoms with Crippen LogP contribution in [0.1, 0.15) is 29.7 Å². The summed E-state index contributed by atoms with van der Waals surface area (Å²) < 4.78 is 0. The van der Waals surface area contributed by atoms with E-state index in [-0.39, 0.29) is 32.2 Å². The zero-order valence-electron chi connectivity index (χ0n) is 26.3. The molecule has 0 radical (unpaired) electrons. The molecule has 0 aliphatic rings. The predicted molar refractivity (Wildman–Crippen MR) is 177 cm³/mol. The Hall–Kier alpha value is -5.54. The van der Waals surface area contributed by atoms with Crippen molar-refractivity contribution in [1.29, 1.82) is 0 Å². The minimum atomic E-state index is -1.25. The Bertz CT molecular complexity index is 1680. The van der Waals surface area contributed by atoms with Gasteiger partial charge in [0, 0.05) is 48.3 Å². The number of hydrogen-bond acceptors (Lipinski definition) is 8. The molecule has 0 fully saturated rings. The van der Waals surface area contributed by atoms with Crippen molar-refractivity contribution < 1.29 is 29.1 Å². The number of nitrogens with one attached hydrogen (secondary N) is 6. The number of nitrogens with two attached hydrogens (primary N) is 2. The first-order chi connectivity index (χ1) is 23.1. The number of carbonyl (C=O) groups is 5. The van der Waals surface area contributed by atoms with Crippen LogP contribution in [-0.2, 0) is 43.2 Å². The van der Waals surface area contributed by atoms with E-state index in [0.29, 0.717) is 12.1 Å². The van der Waals surface area contributed by atoms with Gasteiger partial charge in [0.2, 0.25) is 23.6 Å². The van der Waals surface area contributed by atoms with Gasteiger partial charge in [0.15, 0.2) is 0 Å². The number of para-hydroxylation sites is 1. The number of nitrogens with zero attached hydrogens (tertiary/aromatic N) is 1. The van der Waals surface area contributed by atoms with E-state index in [1.165, 1.54) is 6.33 Å². The molecule has 11 N–H and O–H groups in total. The number of rotatable bonds is 18. The average Bonchev–Trinajstić information content (AvgIpc) is 3.75. The fourth-order valence-electron chi connectivity index (χ4n) is 5.21. The molecule has 0 aliphatic heterocycles. The Balaban J connectivity index is 1.52.